The highest BCUT2D eigenvalue weighted by Crippen LogP contribution is 2.35. The van der Waals surface area contributed by atoms with Crippen molar-refractivity contribution in [2.45, 2.75) is 45.7 Å². The smallest absolute Gasteiger partial charge is 0.0913 e. The average molecular weight is 156 g/mol. The summed E-state index contributed by atoms with van der Waals surface area (Å²) in [6, 6.07) is 1.75. The summed E-state index contributed by atoms with van der Waals surface area (Å²) >= 11 is 0. The molecule has 0 aromatic carbocycles. The molecule has 0 aliphatic carbocycles. The van der Waals surface area contributed by atoms with Crippen molar-refractivity contribution in [3.05, 3.63) is 0 Å². The lowest BCUT2D eigenvalue weighted by Gasteiger charge is -2.36. The minimum Gasteiger partial charge on any atom is -0.324 e. The van der Waals surface area contributed by atoms with Gasteiger partial charge in [0.15, 0.2) is 0 Å². The Kier molecular flexibility index (Phi) is 2.29. The second-order valence-electron chi connectivity index (χ2n) is 4.67. The molecule has 0 bridgehead atoms. The van der Waals surface area contributed by atoms with Crippen LogP contribution >= 0.6 is 0 Å². The van der Waals surface area contributed by atoms with Gasteiger partial charge in [0.05, 0.1) is 26.2 Å². The highest BCUT2D eigenvalue weighted by molar-refractivity contribution is 4.76. The molecule has 0 saturated carbocycles. The Morgan fingerprint density at radius 3 is 2.00 bits per heavy atom. The van der Waals surface area contributed by atoms with Gasteiger partial charge in [0.25, 0.3) is 0 Å². The van der Waals surface area contributed by atoms with Gasteiger partial charge < -0.3 is 4.48 Å². The molecule has 0 N–H and O–H groups in total. The van der Waals surface area contributed by atoms with Crippen LogP contribution in [0.3, 0.4) is 0 Å². The molecule has 1 heteroatoms. The third kappa shape index (κ3) is 1.31. The van der Waals surface area contributed by atoms with Gasteiger partial charge in [-0.1, -0.05) is 13.8 Å². The van der Waals surface area contributed by atoms with Crippen LogP contribution in [0.1, 0.15) is 33.6 Å². The Hall–Kier alpha value is -0.0400. The van der Waals surface area contributed by atoms with Gasteiger partial charge in [0.1, 0.15) is 0 Å². The summed E-state index contributed by atoms with van der Waals surface area (Å²) in [6.45, 7) is 7.10. The van der Waals surface area contributed by atoms with Crippen LogP contribution in [0.15, 0.2) is 0 Å². The maximum Gasteiger partial charge on any atom is 0.0913 e. The van der Waals surface area contributed by atoms with Crippen LogP contribution in [0.5, 0.6) is 0 Å². The van der Waals surface area contributed by atoms with E-state index in [4.69, 9.17) is 0 Å². The van der Waals surface area contributed by atoms with Gasteiger partial charge in [-0.05, 0) is 13.3 Å². The fourth-order valence-corrected chi connectivity index (χ4v) is 2.82. The van der Waals surface area contributed by atoms with E-state index in [0.717, 1.165) is 18.0 Å². The van der Waals surface area contributed by atoms with Gasteiger partial charge >= 0.3 is 0 Å². The van der Waals surface area contributed by atoms with E-state index in [2.05, 4.69) is 34.9 Å². The average Bonchev–Trinajstić information content (AvgIpc) is 2.04. The van der Waals surface area contributed by atoms with Crippen molar-refractivity contribution in [2.75, 3.05) is 14.1 Å². The van der Waals surface area contributed by atoms with Gasteiger partial charge in [-0.25, -0.2) is 0 Å². The molecule has 1 aliphatic rings. The summed E-state index contributed by atoms with van der Waals surface area (Å²) in [6.07, 6.45) is 2.74. The SMILES string of the molecule is CCC1C(C)CC(C)[N+]1(C)C. The normalized spacial score (nSPS) is 42.8. The third-order valence-electron chi connectivity index (χ3n) is 3.78. The first kappa shape index (κ1) is 9.05. The van der Waals surface area contributed by atoms with E-state index in [0.29, 0.717) is 0 Å². The first-order valence-electron chi connectivity index (χ1n) is 4.83. The van der Waals surface area contributed by atoms with Gasteiger partial charge in [0.2, 0.25) is 0 Å². The van der Waals surface area contributed by atoms with Crippen molar-refractivity contribution in [3.8, 4) is 0 Å². The zero-order valence-corrected chi connectivity index (χ0v) is 8.59. The minimum absolute atomic E-state index is 0.856. The van der Waals surface area contributed by atoms with Crippen molar-refractivity contribution in [1.82, 2.24) is 0 Å². The molecule has 1 rings (SSSR count). The Labute approximate surface area is 71.0 Å². The Bertz CT molecular complexity index is 140. The number of rotatable bonds is 1. The number of nitrogens with zero attached hydrogens (tertiary/aromatic N) is 1. The fraction of sp³-hybridized carbons (Fsp3) is 1.00. The second kappa shape index (κ2) is 2.78. The maximum atomic E-state index is 2.40. The highest BCUT2D eigenvalue weighted by Gasteiger charge is 2.43. The lowest BCUT2D eigenvalue weighted by atomic mass is 10.00. The van der Waals surface area contributed by atoms with Gasteiger partial charge in [-0.2, -0.15) is 0 Å². The molecule has 1 aliphatic heterocycles. The molecule has 3 atom stereocenters. The Morgan fingerprint density at radius 2 is 1.82 bits per heavy atom. The topological polar surface area (TPSA) is 0 Å². The molecule has 3 unspecified atom stereocenters. The van der Waals surface area contributed by atoms with E-state index in [1.807, 2.05) is 0 Å². The molecule has 0 radical (unpaired) electrons. The van der Waals surface area contributed by atoms with Crippen LogP contribution in [0.4, 0.5) is 0 Å². The predicted molar refractivity (Wildman–Crippen MR) is 49.4 cm³/mol. The molecule has 0 amide bonds. The zero-order valence-electron chi connectivity index (χ0n) is 8.59. The predicted octanol–water partition coefficient (Wildman–Crippen LogP) is 2.27. The lowest BCUT2D eigenvalue weighted by Crippen LogP contribution is -2.49. The summed E-state index contributed by atoms with van der Waals surface area (Å²) in [4.78, 5) is 0. The van der Waals surface area contributed by atoms with E-state index in [-0.39, 0.29) is 0 Å². The second-order valence-corrected chi connectivity index (χ2v) is 4.67. The Balaban J connectivity index is 2.76. The summed E-state index contributed by atoms with van der Waals surface area (Å²) < 4.78 is 1.23. The molecule has 1 heterocycles. The van der Waals surface area contributed by atoms with Crippen LogP contribution in [0, 0.1) is 5.92 Å². The molecule has 0 aromatic rings. The van der Waals surface area contributed by atoms with E-state index in [9.17, 15) is 0 Å². The first-order chi connectivity index (χ1) is 5.00. The van der Waals surface area contributed by atoms with Gasteiger partial charge in [-0.15, -0.1) is 0 Å². The largest absolute Gasteiger partial charge is 0.324 e. The van der Waals surface area contributed by atoms with Gasteiger partial charge in [-0.3, -0.25) is 0 Å². The fourth-order valence-electron chi connectivity index (χ4n) is 2.82. The zero-order chi connectivity index (χ0) is 8.65. The minimum atomic E-state index is 0.856. The van der Waals surface area contributed by atoms with Crippen molar-refractivity contribution < 1.29 is 4.48 Å². The van der Waals surface area contributed by atoms with Crippen molar-refractivity contribution in [1.29, 1.82) is 0 Å². The number of likely N-dealkylation sites (tertiary alicyclic amines) is 1. The highest BCUT2D eigenvalue weighted by atomic mass is 15.4. The van der Waals surface area contributed by atoms with Crippen molar-refractivity contribution in [3.63, 3.8) is 0 Å². The lowest BCUT2D eigenvalue weighted by molar-refractivity contribution is -0.925. The molecule has 1 nitrogen and oxygen atoms in total. The monoisotopic (exact) mass is 156 g/mol. The molecule has 0 spiro atoms. The number of hydrogen-bond donors (Lipinski definition) is 0. The molecule has 1 fully saturated rings. The van der Waals surface area contributed by atoms with E-state index < -0.39 is 0 Å². The molecule has 0 aromatic heterocycles. The summed E-state index contributed by atoms with van der Waals surface area (Å²) in [5.74, 6) is 0.921. The third-order valence-corrected chi connectivity index (χ3v) is 3.78. The number of hydrogen-bond acceptors (Lipinski definition) is 0. The van der Waals surface area contributed by atoms with E-state index >= 15 is 0 Å². The van der Waals surface area contributed by atoms with Crippen LogP contribution in [-0.2, 0) is 0 Å². The molecular weight excluding hydrogens is 134 g/mol. The van der Waals surface area contributed by atoms with Crippen LogP contribution in [-0.4, -0.2) is 30.7 Å². The molecule has 11 heavy (non-hydrogen) atoms. The number of quaternary nitrogens is 1. The first-order valence-corrected chi connectivity index (χ1v) is 4.83. The molecule has 66 valence electrons. The van der Waals surface area contributed by atoms with E-state index in [1.54, 1.807) is 0 Å². The van der Waals surface area contributed by atoms with Crippen LogP contribution in [0.2, 0.25) is 0 Å². The standard InChI is InChI=1S/C10H22N/c1-6-10-8(2)7-9(3)11(10,4)5/h8-10H,6-7H2,1-5H3/q+1. The summed E-state index contributed by atoms with van der Waals surface area (Å²) in [5.41, 5.74) is 0. The van der Waals surface area contributed by atoms with E-state index in [1.165, 1.54) is 17.3 Å². The summed E-state index contributed by atoms with van der Waals surface area (Å²) in [5, 5.41) is 0. The van der Waals surface area contributed by atoms with Crippen LogP contribution in [0.25, 0.3) is 0 Å². The van der Waals surface area contributed by atoms with Crippen molar-refractivity contribution >= 4 is 0 Å². The maximum absolute atomic E-state index is 2.40. The van der Waals surface area contributed by atoms with Gasteiger partial charge in [0, 0.05) is 12.3 Å². The van der Waals surface area contributed by atoms with Crippen molar-refractivity contribution in [2.24, 2.45) is 5.92 Å². The van der Waals surface area contributed by atoms with Crippen LogP contribution < -0.4 is 0 Å². The quantitative estimate of drug-likeness (QED) is 0.511. The summed E-state index contributed by atoms with van der Waals surface area (Å²) in [7, 11) is 4.75. The molecule has 1 saturated heterocycles. The Morgan fingerprint density at radius 1 is 1.27 bits per heavy atom. The molecular formula is C10H22N+.